The van der Waals surface area contributed by atoms with E-state index in [4.69, 9.17) is 5.73 Å². The van der Waals surface area contributed by atoms with Crippen LogP contribution in [-0.4, -0.2) is 31.0 Å². The van der Waals surface area contributed by atoms with Gasteiger partial charge in [-0.3, -0.25) is 4.99 Å². The van der Waals surface area contributed by atoms with Crippen molar-refractivity contribution in [3.8, 4) is 0 Å². The van der Waals surface area contributed by atoms with Gasteiger partial charge in [0.1, 0.15) is 0 Å². The summed E-state index contributed by atoms with van der Waals surface area (Å²) in [5, 5.41) is 3.07. The van der Waals surface area contributed by atoms with Gasteiger partial charge in [-0.05, 0) is 24.7 Å². The quantitative estimate of drug-likeness (QED) is 0.632. The Balaban J connectivity index is 1.74. The highest BCUT2D eigenvalue weighted by Crippen LogP contribution is 2.04. The molecule has 0 fully saturated rings. The van der Waals surface area contributed by atoms with Crippen molar-refractivity contribution in [2.24, 2.45) is 10.7 Å². The summed E-state index contributed by atoms with van der Waals surface area (Å²) in [6.45, 7) is 2.46. The number of nitrogens with two attached hydrogens (primary N) is 1. The minimum atomic E-state index is 0.453. The van der Waals surface area contributed by atoms with Crippen LogP contribution in [0, 0.1) is 0 Å². The van der Waals surface area contributed by atoms with Gasteiger partial charge in [-0.1, -0.05) is 48.5 Å². The molecule has 0 heterocycles. The number of aliphatic imine (C=N–C) groups is 1. The molecule has 21 heavy (non-hydrogen) atoms. The molecule has 0 aliphatic rings. The van der Waals surface area contributed by atoms with Crippen molar-refractivity contribution >= 4 is 11.6 Å². The number of guanidine groups is 1. The lowest BCUT2D eigenvalue weighted by atomic mass is 10.2. The van der Waals surface area contributed by atoms with E-state index in [1.54, 1.807) is 0 Å². The predicted octanol–water partition coefficient (Wildman–Crippen LogP) is 2.55. The number of anilines is 1. The number of hydrogen-bond acceptors (Lipinski definition) is 2. The minimum absolute atomic E-state index is 0.453. The third kappa shape index (κ3) is 5.67. The maximum absolute atomic E-state index is 5.86. The number of rotatable bonds is 6. The third-order valence-corrected chi connectivity index (χ3v) is 3.11. The number of para-hydroxylation sites is 1. The third-order valence-electron chi connectivity index (χ3n) is 3.11. The van der Waals surface area contributed by atoms with Gasteiger partial charge in [0.2, 0.25) is 0 Å². The molecule has 4 nitrogen and oxygen atoms in total. The first-order valence-electron chi connectivity index (χ1n) is 7.08. The van der Waals surface area contributed by atoms with E-state index >= 15 is 0 Å². The summed E-state index contributed by atoms with van der Waals surface area (Å²) in [5.74, 6) is 0.453. The maximum Gasteiger partial charge on any atom is 0.193 e. The summed E-state index contributed by atoms with van der Waals surface area (Å²) in [7, 11) is 2.09. The Labute approximate surface area is 126 Å². The van der Waals surface area contributed by atoms with Crippen molar-refractivity contribution in [1.29, 1.82) is 0 Å². The van der Waals surface area contributed by atoms with E-state index in [1.807, 2.05) is 36.4 Å². The molecule has 110 valence electrons. The molecule has 2 aromatic rings. The van der Waals surface area contributed by atoms with Crippen LogP contribution in [-0.2, 0) is 6.54 Å². The SMILES string of the molecule is CN(CCN=C(N)Nc1ccccc1)Cc1ccccc1. The first-order chi connectivity index (χ1) is 10.2. The molecule has 4 heteroatoms. The van der Waals surface area contributed by atoms with E-state index in [0.717, 1.165) is 18.8 Å². The molecule has 0 atom stereocenters. The largest absolute Gasteiger partial charge is 0.370 e. The lowest BCUT2D eigenvalue weighted by Gasteiger charge is -2.15. The second kappa shape index (κ2) is 8.07. The van der Waals surface area contributed by atoms with Crippen LogP contribution in [0.2, 0.25) is 0 Å². The molecule has 0 unspecified atom stereocenters. The van der Waals surface area contributed by atoms with Crippen LogP contribution in [0.15, 0.2) is 65.7 Å². The van der Waals surface area contributed by atoms with E-state index in [2.05, 4.69) is 46.5 Å². The Bertz CT molecular complexity index is 552. The fraction of sp³-hybridized carbons (Fsp3) is 0.235. The van der Waals surface area contributed by atoms with E-state index in [1.165, 1.54) is 5.56 Å². The average Bonchev–Trinajstić information content (AvgIpc) is 2.49. The number of benzene rings is 2. The standard InChI is InChI=1S/C17H22N4/c1-21(14-15-8-4-2-5-9-15)13-12-19-17(18)20-16-10-6-3-7-11-16/h2-11H,12-14H2,1H3,(H3,18,19,20). The van der Waals surface area contributed by atoms with Gasteiger partial charge in [0, 0.05) is 18.8 Å². The van der Waals surface area contributed by atoms with Crippen molar-refractivity contribution in [3.05, 3.63) is 66.2 Å². The van der Waals surface area contributed by atoms with Crippen LogP contribution in [0.1, 0.15) is 5.56 Å². The van der Waals surface area contributed by atoms with Gasteiger partial charge in [-0.15, -0.1) is 0 Å². The van der Waals surface area contributed by atoms with E-state index in [0.29, 0.717) is 12.5 Å². The lowest BCUT2D eigenvalue weighted by molar-refractivity contribution is 0.336. The van der Waals surface area contributed by atoms with Crippen molar-refractivity contribution in [3.63, 3.8) is 0 Å². The number of hydrogen-bond donors (Lipinski definition) is 2. The first-order valence-corrected chi connectivity index (χ1v) is 7.08. The van der Waals surface area contributed by atoms with Crippen molar-refractivity contribution in [2.75, 3.05) is 25.5 Å². The molecular formula is C17H22N4. The Morgan fingerprint density at radius 3 is 2.33 bits per heavy atom. The average molecular weight is 282 g/mol. The van der Waals surface area contributed by atoms with E-state index < -0.39 is 0 Å². The van der Waals surface area contributed by atoms with Crippen LogP contribution < -0.4 is 11.1 Å². The van der Waals surface area contributed by atoms with Crippen LogP contribution in [0.3, 0.4) is 0 Å². The number of likely N-dealkylation sites (N-methyl/N-ethyl adjacent to an activating group) is 1. The zero-order valence-electron chi connectivity index (χ0n) is 12.4. The van der Waals surface area contributed by atoms with Crippen molar-refractivity contribution < 1.29 is 0 Å². The molecule has 0 aromatic heterocycles. The first kappa shape index (κ1) is 15.1. The van der Waals surface area contributed by atoms with Gasteiger partial charge in [0.25, 0.3) is 0 Å². The number of nitrogens with one attached hydrogen (secondary N) is 1. The van der Waals surface area contributed by atoms with Crippen LogP contribution >= 0.6 is 0 Å². The normalized spacial score (nSPS) is 11.6. The molecule has 0 radical (unpaired) electrons. The van der Waals surface area contributed by atoms with E-state index in [-0.39, 0.29) is 0 Å². The van der Waals surface area contributed by atoms with Crippen molar-refractivity contribution in [1.82, 2.24) is 4.90 Å². The highest BCUT2D eigenvalue weighted by molar-refractivity contribution is 5.92. The summed E-state index contributed by atoms with van der Waals surface area (Å²) < 4.78 is 0. The second-order valence-electron chi connectivity index (χ2n) is 4.98. The molecule has 0 aliphatic carbocycles. The molecule has 0 spiro atoms. The van der Waals surface area contributed by atoms with Gasteiger partial charge in [-0.2, -0.15) is 0 Å². The molecule has 0 amide bonds. The number of nitrogens with zero attached hydrogens (tertiary/aromatic N) is 2. The van der Waals surface area contributed by atoms with Gasteiger partial charge < -0.3 is 16.0 Å². The molecule has 3 N–H and O–H groups in total. The van der Waals surface area contributed by atoms with E-state index in [9.17, 15) is 0 Å². The van der Waals surface area contributed by atoms with Gasteiger partial charge in [0.15, 0.2) is 5.96 Å². The molecule has 0 saturated carbocycles. The van der Waals surface area contributed by atoms with Crippen LogP contribution in [0.25, 0.3) is 0 Å². The van der Waals surface area contributed by atoms with Gasteiger partial charge >= 0.3 is 0 Å². The fourth-order valence-corrected chi connectivity index (χ4v) is 2.02. The second-order valence-corrected chi connectivity index (χ2v) is 4.98. The Morgan fingerprint density at radius 2 is 1.67 bits per heavy atom. The monoisotopic (exact) mass is 282 g/mol. The molecule has 2 rings (SSSR count). The smallest absolute Gasteiger partial charge is 0.193 e. The molecule has 0 saturated heterocycles. The maximum atomic E-state index is 5.86. The summed E-state index contributed by atoms with van der Waals surface area (Å²) in [6.07, 6.45) is 0. The molecule has 0 aliphatic heterocycles. The predicted molar refractivity (Wildman–Crippen MR) is 89.3 cm³/mol. The summed E-state index contributed by atoms with van der Waals surface area (Å²) in [4.78, 5) is 6.57. The molecular weight excluding hydrogens is 260 g/mol. The Morgan fingerprint density at radius 1 is 1.05 bits per heavy atom. The molecule has 2 aromatic carbocycles. The Kier molecular flexibility index (Phi) is 5.79. The fourth-order valence-electron chi connectivity index (χ4n) is 2.02. The van der Waals surface area contributed by atoms with Gasteiger partial charge in [0.05, 0.1) is 6.54 Å². The van der Waals surface area contributed by atoms with Crippen LogP contribution in [0.4, 0.5) is 5.69 Å². The Hall–Kier alpha value is -2.33. The topological polar surface area (TPSA) is 53.6 Å². The highest BCUT2D eigenvalue weighted by Gasteiger charge is 1.99. The zero-order valence-corrected chi connectivity index (χ0v) is 12.4. The highest BCUT2D eigenvalue weighted by atomic mass is 15.1. The van der Waals surface area contributed by atoms with Gasteiger partial charge in [-0.25, -0.2) is 0 Å². The summed E-state index contributed by atoms with van der Waals surface area (Å²) in [6, 6.07) is 20.2. The summed E-state index contributed by atoms with van der Waals surface area (Å²) >= 11 is 0. The molecule has 0 bridgehead atoms. The van der Waals surface area contributed by atoms with Crippen molar-refractivity contribution in [2.45, 2.75) is 6.54 Å². The zero-order chi connectivity index (χ0) is 14.9. The summed E-state index contributed by atoms with van der Waals surface area (Å²) in [5.41, 5.74) is 8.12. The van der Waals surface area contributed by atoms with Crippen LogP contribution in [0.5, 0.6) is 0 Å². The lowest BCUT2D eigenvalue weighted by Crippen LogP contribution is -2.26. The minimum Gasteiger partial charge on any atom is -0.370 e.